The van der Waals surface area contributed by atoms with Crippen molar-refractivity contribution in [2.45, 2.75) is 0 Å². The molecule has 1 aromatic carbocycles. The van der Waals surface area contributed by atoms with E-state index in [-0.39, 0.29) is 5.56 Å². The topological polar surface area (TPSA) is 61.7 Å². The molecular weight excluding hydrogens is 204 g/mol. The summed E-state index contributed by atoms with van der Waals surface area (Å²) in [6, 6.07) is 6.27. The third-order valence-electron chi connectivity index (χ3n) is 1.49. The summed E-state index contributed by atoms with van der Waals surface area (Å²) in [5.41, 5.74) is 3.67. The van der Waals surface area contributed by atoms with Crippen molar-refractivity contribution in [2.24, 2.45) is 5.10 Å². The Morgan fingerprint density at radius 2 is 2.14 bits per heavy atom. The summed E-state index contributed by atoms with van der Waals surface area (Å²) in [4.78, 5) is 10.5. The van der Waals surface area contributed by atoms with Gasteiger partial charge in [-0.15, -0.1) is 11.6 Å². The second kappa shape index (κ2) is 5.24. The zero-order chi connectivity index (χ0) is 10.4. The van der Waals surface area contributed by atoms with Crippen LogP contribution in [-0.2, 0) is 0 Å². The number of hydrazone groups is 1. The lowest BCUT2D eigenvalue weighted by Crippen LogP contribution is -1.96. The summed E-state index contributed by atoms with van der Waals surface area (Å²) >= 11 is 5.37. The summed E-state index contributed by atoms with van der Waals surface area (Å²) in [5.74, 6) is -0.610. The molecule has 74 valence electrons. The van der Waals surface area contributed by atoms with Crippen LogP contribution in [0.15, 0.2) is 29.4 Å². The number of carbonyl (C=O) groups is 1. The molecular formula is C9H9ClN2O2. The summed E-state index contributed by atoms with van der Waals surface area (Å²) in [7, 11) is 0. The SMILES string of the molecule is O=C(O)c1ccc(NN=CCCl)cc1. The number of benzene rings is 1. The van der Waals surface area contributed by atoms with Crippen LogP contribution in [0.4, 0.5) is 5.69 Å². The Labute approximate surface area is 86.2 Å². The maximum Gasteiger partial charge on any atom is 0.335 e. The Kier molecular flexibility index (Phi) is 3.94. The largest absolute Gasteiger partial charge is 0.478 e. The van der Waals surface area contributed by atoms with Crippen molar-refractivity contribution < 1.29 is 9.90 Å². The van der Waals surface area contributed by atoms with Crippen LogP contribution in [0.3, 0.4) is 0 Å². The Bertz CT molecular complexity index is 335. The van der Waals surface area contributed by atoms with E-state index in [4.69, 9.17) is 16.7 Å². The van der Waals surface area contributed by atoms with Crippen LogP contribution in [0.5, 0.6) is 0 Å². The fraction of sp³-hybridized carbons (Fsp3) is 0.111. The summed E-state index contributed by atoms with van der Waals surface area (Å²) in [6.45, 7) is 0. The first kappa shape index (κ1) is 10.5. The van der Waals surface area contributed by atoms with Crippen LogP contribution in [0.2, 0.25) is 0 Å². The van der Waals surface area contributed by atoms with E-state index in [0.29, 0.717) is 5.88 Å². The maximum absolute atomic E-state index is 10.5. The van der Waals surface area contributed by atoms with Gasteiger partial charge in [0.2, 0.25) is 0 Å². The number of alkyl halides is 1. The number of aromatic carboxylic acids is 1. The van der Waals surface area contributed by atoms with E-state index in [9.17, 15) is 4.79 Å². The molecule has 5 heteroatoms. The number of nitrogens with zero attached hydrogens (tertiary/aromatic N) is 1. The average Bonchev–Trinajstić information content (AvgIpc) is 2.19. The third-order valence-corrected chi connectivity index (χ3v) is 1.62. The van der Waals surface area contributed by atoms with Crippen LogP contribution < -0.4 is 5.43 Å². The van der Waals surface area contributed by atoms with E-state index in [1.807, 2.05) is 0 Å². The van der Waals surface area contributed by atoms with Gasteiger partial charge in [0.25, 0.3) is 0 Å². The number of hydrogen-bond donors (Lipinski definition) is 2. The Morgan fingerprint density at radius 3 is 2.64 bits per heavy atom. The minimum absolute atomic E-state index is 0.247. The lowest BCUT2D eigenvalue weighted by Gasteiger charge is -1.99. The van der Waals surface area contributed by atoms with Gasteiger partial charge in [-0.3, -0.25) is 5.43 Å². The van der Waals surface area contributed by atoms with Crippen LogP contribution >= 0.6 is 11.6 Å². The molecule has 0 spiro atoms. The highest BCUT2D eigenvalue weighted by Gasteiger charge is 2.00. The molecule has 0 aliphatic carbocycles. The average molecular weight is 213 g/mol. The number of hydrogen-bond acceptors (Lipinski definition) is 3. The lowest BCUT2D eigenvalue weighted by atomic mass is 10.2. The fourth-order valence-electron chi connectivity index (χ4n) is 0.842. The van der Waals surface area contributed by atoms with Gasteiger partial charge in [0.1, 0.15) is 0 Å². The van der Waals surface area contributed by atoms with Crippen molar-refractivity contribution in [3.8, 4) is 0 Å². The molecule has 14 heavy (non-hydrogen) atoms. The summed E-state index contributed by atoms with van der Waals surface area (Å²) in [5, 5.41) is 12.4. The van der Waals surface area contributed by atoms with Gasteiger partial charge in [0.05, 0.1) is 17.1 Å². The van der Waals surface area contributed by atoms with E-state index in [1.165, 1.54) is 18.3 Å². The fourth-order valence-corrected chi connectivity index (χ4v) is 0.911. The molecule has 0 saturated carbocycles. The van der Waals surface area contributed by atoms with Crippen molar-refractivity contribution in [1.29, 1.82) is 0 Å². The molecule has 0 radical (unpaired) electrons. The zero-order valence-corrected chi connectivity index (χ0v) is 8.03. The van der Waals surface area contributed by atoms with Crippen LogP contribution in [0.25, 0.3) is 0 Å². The molecule has 0 saturated heterocycles. The zero-order valence-electron chi connectivity index (χ0n) is 7.27. The third kappa shape index (κ3) is 3.06. The van der Waals surface area contributed by atoms with Gasteiger partial charge in [-0.2, -0.15) is 5.10 Å². The van der Waals surface area contributed by atoms with Gasteiger partial charge >= 0.3 is 5.97 Å². The van der Waals surface area contributed by atoms with Gasteiger partial charge < -0.3 is 5.11 Å². The maximum atomic E-state index is 10.5. The minimum Gasteiger partial charge on any atom is -0.478 e. The molecule has 0 aromatic heterocycles. The van der Waals surface area contributed by atoms with Crippen molar-refractivity contribution >= 4 is 29.5 Å². The van der Waals surface area contributed by atoms with Crippen molar-refractivity contribution in [1.82, 2.24) is 0 Å². The molecule has 1 rings (SSSR count). The standard InChI is InChI=1S/C9H9ClN2O2/c10-5-6-11-12-8-3-1-7(2-4-8)9(13)14/h1-4,6,12H,5H2,(H,13,14). The molecule has 0 aliphatic rings. The molecule has 1 aromatic rings. The lowest BCUT2D eigenvalue weighted by molar-refractivity contribution is 0.0697. The van der Waals surface area contributed by atoms with Gasteiger partial charge in [0.15, 0.2) is 0 Å². The monoisotopic (exact) mass is 212 g/mol. The normalized spacial score (nSPS) is 10.4. The molecule has 0 bridgehead atoms. The van der Waals surface area contributed by atoms with E-state index < -0.39 is 5.97 Å². The number of anilines is 1. The Balaban J connectivity index is 2.64. The molecule has 0 unspecified atom stereocenters. The molecule has 2 N–H and O–H groups in total. The van der Waals surface area contributed by atoms with E-state index >= 15 is 0 Å². The first-order chi connectivity index (χ1) is 6.74. The van der Waals surface area contributed by atoms with E-state index in [0.717, 1.165) is 5.69 Å². The summed E-state index contributed by atoms with van der Waals surface area (Å²) in [6.07, 6.45) is 1.51. The van der Waals surface area contributed by atoms with Crippen molar-refractivity contribution in [3.05, 3.63) is 29.8 Å². The van der Waals surface area contributed by atoms with Crippen LogP contribution in [0.1, 0.15) is 10.4 Å². The molecule has 0 aliphatic heterocycles. The Morgan fingerprint density at radius 1 is 1.50 bits per heavy atom. The second-order valence-corrected chi connectivity index (χ2v) is 2.77. The van der Waals surface area contributed by atoms with Gasteiger partial charge in [0, 0.05) is 6.21 Å². The highest BCUT2D eigenvalue weighted by molar-refractivity contribution is 6.24. The second-order valence-electron chi connectivity index (χ2n) is 2.46. The van der Waals surface area contributed by atoms with Gasteiger partial charge in [-0.05, 0) is 24.3 Å². The Hall–Kier alpha value is -1.55. The number of carboxylic acid groups (broad SMARTS) is 1. The highest BCUT2D eigenvalue weighted by Crippen LogP contribution is 2.08. The predicted molar refractivity (Wildman–Crippen MR) is 56.2 cm³/mol. The quantitative estimate of drug-likeness (QED) is 0.456. The molecule has 0 heterocycles. The number of carboxylic acids is 1. The number of nitrogens with one attached hydrogen (secondary N) is 1. The van der Waals surface area contributed by atoms with E-state index in [1.54, 1.807) is 12.1 Å². The number of halogens is 1. The minimum atomic E-state index is -0.944. The number of rotatable bonds is 4. The predicted octanol–water partition coefficient (Wildman–Crippen LogP) is 2.02. The van der Waals surface area contributed by atoms with E-state index in [2.05, 4.69) is 10.5 Å². The van der Waals surface area contributed by atoms with Crippen LogP contribution in [0, 0.1) is 0 Å². The first-order valence-electron chi connectivity index (χ1n) is 3.91. The molecule has 0 atom stereocenters. The molecule has 4 nitrogen and oxygen atoms in total. The molecule has 0 amide bonds. The van der Waals surface area contributed by atoms with Crippen molar-refractivity contribution in [2.75, 3.05) is 11.3 Å². The summed E-state index contributed by atoms with van der Waals surface area (Å²) < 4.78 is 0. The van der Waals surface area contributed by atoms with Gasteiger partial charge in [-0.1, -0.05) is 0 Å². The van der Waals surface area contributed by atoms with Crippen LogP contribution in [-0.4, -0.2) is 23.2 Å². The van der Waals surface area contributed by atoms with Crippen molar-refractivity contribution in [3.63, 3.8) is 0 Å². The molecule has 0 fully saturated rings. The van der Waals surface area contributed by atoms with Gasteiger partial charge in [-0.25, -0.2) is 4.79 Å². The highest BCUT2D eigenvalue weighted by atomic mass is 35.5. The first-order valence-corrected chi connectivity index (χ1v) is 4.44. The smallest absolute Gasteiger partial charge is 0.335 e.